The van der Waals surface area contributed by atoms with E-state index in [9.17, 15) is 38.7 Å². The molecule has 0 aliphatic carbocycles. The van der Waals surface area contributed by atoms with Crippen LogP contribution in [0.25, 0.3) is 0 Å². The minimum absolute atomic E-state index is 0.100. The molecule has 9 N–H and O–H groups in total. The maximum absolute atomic E-state index is 13.0. The molecule has 0 radical (unpaired) electrons. The van der Waals surface area contributed by atoms with Crippen LogP contribution in [-0.2, 0) is 33.6 Å². The van der Waals surface area contributed by atoms with Gasteiger partial charge in [0, 0.05) is 25.8 Å². The first kappa shape index (κ1) is 29.3. The van der Waals surface area contributed by atoms with Gasteiger partial charge in [0.25, 0.3) is 0 Å². The highest BCUT2D eigenvalue weighted by Gasteiger charge is 2.38. The Morgan fingerprint density at radius 1 is 0.829 bits per heavy atom. The van der Waals surface area contributed by atoms with Crippen LogP contribution in [-0.4, -0.2) is 92.5 Å². The van der Waals surface area contributed by atoms with Crippen molar-refractivity contribution in [2.45, 2.75) is 75.5 Å². The van der Waals surface area contributed by atoms with Crippen LogP contribution in [0.3, 0.4) is 0 Å². The van der Waals surface area contributed by atoms with E-state index in [0.717, 1.165) is 4.90 Å². The van der Waals surface area contributed by atoms with Gasteiger partial charge < -0.3 is 42.3 Å². The van der Waals surface area contributed by atoms with E-state index in [1.165, 1.54) is 0 Å². The van der Waals surface area contributed by atoms with Gasteiger partial charge in [-0.05, 0) is 32.1 Å². The van der Waals surface area contributed by atoms with Crippen LogP contribution in [0.5, 0.6) is 0 Å². The van der Waals surface area contributed by atoms with Crippen LogP contribution in [0.4, 0.5) is 0 Å². The first-order valence-electron chi connectivity index (χ1n) is 10.9. The Kier molecular flexibility index (Phi) is 11.6. The number of nitrogens with zero attached hydrogens (tertiary/aromatic N) is 1. The van der Waals surface area contributed by atoms with Crippen molar-refractivity contribution < 1.29 is 48.9 Å². The van der Waals surface area contributed by atoms with E-state index < -0.39 is 78.5 Å². The fraction of sp³-hybridized carbons (Fsp3) is 0.650. The van der Waals surface area contributed by atoms with Crippen molar-refractivity contribution in [1.29, 1.82) is 0 Å². The fourth-order valence-corrected chi connectivity index (χ4v) is 3.53. The van der Waals surface area contributed by atoms with E-state index in [-0.39, 0.29) is 38.6 Å². The topological polar surface area (TPSA) is 260 Å². The Bertz CT molecular complexity index is 848. The lowest BCUT2D eigenvalue weighted by molar-refractivity contribution is -0.150. The Hall–Kier alpha value is -3.75. The third-order valence-electron chi connectivity index (χ3n) is 5.40. The molecule has 1 heterocycles. The monoisotopic (exact) mass is 501 g/mol. The molecule has 35 heavy (non-hydrogen) atoms. The molecule has 1 fully saturated rings. The molecule has 0 aromatic carbocycles. The van der Waals surface area contributed by atoms with Crippen LogP contribution in [0.1, 0.15) is 51.4 Å². The van der Waals surface area contributed by atoms with E-state index in [1.807, 2.05) is 0 Å². The van der Waals surface area contributed by atoms with Gasteiger partial charge in [-0.1, -0.05) is 0 Å². The lowest BCUT2D eigenvalue weighted by Gasteiger charge is -2.28. The quantitative estimate of drug-likeness (QED) is 0.122. The van der Waals surface area contributed by atoms with Crippen molar-refractivity contribution >= 4 is 41.5 Å². The summed E-state index contributed by atoms with van der Waals surface area (Å²) in [5.41, 5.74) is 10.7. The Morgan fingerprint density at radius 3 is 1.89 bits per heavy atom. The molecule has 0 aromatic rings. The zero-order valence-electron chi connectivity index (χ0n) is 19.0. The summed E-state index contributed by atoms with van der Waals surface area (Å²) in [7, 11) is 0. The Labute approximate surface area is 200 Å². The van der Waals surface area contributed by atoms with Crippen molar-refractivity contribution in [2.24, 2.45) is 11.5 Å². The predicted octanol–water partition coefficient (Wildman–Crippen LogP) is -2.65. The Morgan fingerprint density at radius 2 is 1.37 bits per heavy atom. The summed E-state index contributed by atoms with van der Waals surface area (Å²) in [4.78, 5) is 83.7. The number of aliphatic carboxylic acids is 3. The fourth-order valence-electron chi connectivity index (χ4n) is 3.53. The molecule has 1 rings (SSSR count). The number of carbonyl (C=O) groups is 7. The molecule has 15 nitrogen and oxygen atoms in total. The van der Waals surface area contributed by atoms with Gasteiger partial charge in [-0.25, -0.2) is 4.79 Å². The van der Waals surface area contributed by atoms with Gasteiger partial charge in [0.2, 0.25) is 23.6 Å². The summed E-state index contributed by atoms with van der Waals surface area (Å²) in [5.74, 6) is -7.11. The van der Waals surface area contributed by atoms with Crippen LogP contribution in [0, 0.1) is 0 Å². The number of carbonyl (C=O) groups excluding carboxylic acids is 4. The molecular weight excluding hydrogens is 470 g/mol. The van der Waals surface area contributed by atoms with Gasteiger partial charge in [0.1, 0.15) is 18.1 Å². The number of amides is 4. The normalized spacial score (nSPS) is 17.6. The molecule has 4 amide bonds. The van der Waals surface area contributed by atoms with Gasteiger partial charge in [-0.3, -0.25) is 28.8 Å². The number of rotatable bonds is 15. The first-order valence-corrected chi connectivity index (χ1v) is 10.9. The number of likely N-dealkylation sites (tertiary alicyclic amines) is 1. The summed E-state index contributed by atoms with van der Waals surface area (Å²) >= 11 is 0. The minimum Gasteiger partial charge on any atom is -0.481 e. The first-order chi connectivity index (χ1) is 16.3. The van der Waals surface area contributed by atoms with Gasteiger partial charge >= 0.3 is 17.9 Å². The second kappa shape index (κ2) is 13.8. The summed E-state index contributed by atoms with van der Waals surface area (Å²) < 4.78 is 0. The lowest BCUT2D eigenvalue weighted by atomic mass is 10.1. The molecule has 196 valence electrons. The van der Waals surface area contributed by atoms with Crippen LogP contribution in [0.15, 0.2) is 0 Å². The van der Waals surface area contributed by atoms with E-state index in [4.69, 9.17) is 21.7 Å². The number of carboxylic acid groups (broad SMARTS) is 3. The standard InChI is InChI=1S/C20H31N5O10/c21-10(3-6-14(22)26)17(31)23-11(4-7-15(27)28)18(32)24-12(5-8-16(29)30)19(33)25-9-1-2-13(25)20(34)35/h10-13H,1-9,21H2,(H2,22,26)(H,23,31)(H,24,32)(H,27,28)(H,29,30)(H,34,35). The van der Waals surface area contributed by atoms with E-state index >= 15 is 0 Å². The van der Waals surface area contributed by atoms with Crippen LogP contribution < -0.4 is 22.1 Å². The van der Waals surface area contributed by atoms with Crippen molar-refractivity contribution in [1.82, 2.24) is 15.5 Å². The molecule has 1 saturated heterocycles. The number of hydrogen-bond donors (Lipinski definition) is 7. The third-order valence-corrected chi connectivity index (χ3v) is 5.40. The van der Waals surface area contributed by atoms with E-state index in [1.54, 1.807) is 0 Å². The van der Waals surface area contributed by atoms with E-state index in [0.29, 0.717) is 6.42 Å². The van der Waals surface area contributed by atoms with Crippen molar-refractivity contribution in [3.8, 4) is 0 Å². The molecular formula is C20H31N5O10. The van der Waals surface area contributed by atoms with Crippen molar-refractivity contribution in [3.05, 3.63) is 0 Å². The number of nitrogens with one attached hydrogen (secondary N) is 2. The maximum Gasteiger partial charge on any atom is 0.326 e. The number of primary amides is 1. The smallest absolute Gasteiger partial charge is 0.326 e. The third kappa shape index (κ3) is 9.95. The van der Waals surface area contributed by atoms with Crippen LogP contribution >= 0.6 is 0 Å². The molecule has 4 atom stereocenters. The SMILES string of the molecule is NC(=O)CCC(N)C(=O)NC(CCC(=O)O)C(=O)NC(CCC(=O)O)C(=O)N1CCCC1C(=O)O. The minimum atomic E-state index is -1.45. The van der Waals surface area contributed by atoms with Gasteiger partial charge in [-0.2, -0.15) is 0 Å². The molecule has 0 bridgehead atoms. The lowest BCUT2D eigenvalue weighted by Crippen LogP contribution is -2.57. The second-order valence-corrected chi connectivity index (χ2v) is 8.13. The van der Waals surface area contributed by atoms with Crippen LogP contribution in [0.2, 0.25) is 0 Å². The number of nitrogens with two attached hydrogens (primary N) is 2. The summed E-state index contributed by atoms with van der Waals surface area (Å²) in [6.45, 7) is 0.100. The molecule has 1 aliphatic heterocycles. The predicted molar refractivity (Wildman–Crippen MR) is 116 cm³/mol. The second-order valence-electron chi connectivity index (χ2n) is 8.13. The number of hydrogen-bond acceptors (Lipinski definition) is 8. The zero-order valence-corrected chi connectivity index (χ0v) is 19.0. The maximum atomic E-state index is 13.0. The molecule has 0 saturated carbocycles. The number of carboxylic acids is 3. The van der Waals surface area contributed by atoms with Crippen molar-refractivity contribution in [2.75, 3.05) is 6.54 Å². The highest BCUT2D eigenvalue weighted by atomic mass is 16.4. The molecule has 0 spiro atoms. The van der Waals surface area contributed by atoms with Gasteiger partial charge in [-0.15, -0.1) is 0 Å². The Balaban J connectivity index is 3.02. The highest BCUT2D eigenvalue weighted by Crippen LogP contribution is 2.20. The summed E-state index contributed by atoms with van der Waals surface area (Å²) in [6.07, 6.45) is -1.52. The zero-order chi connectivity index (χ0) is 26.7. The highest BCUT2D eigenvalue weighted by molar-refractivity contribution is 5.94. The molecule has 1 aliphatic rings. The average molecular weight is 501 g/mol. The summed E-state index contributed by atoms with van der Waals surface area (Å²) in [5, 5.41) is 31.9. The van der Waals surface area contributed by atoms with E-state index in [2.05, 4.69) is 10.6 Å². The summed E-state index contributed by atoms with van der Waals surface area (Å²) in [6, 6.07) is -5.23. The molecule has 15 heteroatoms. The molecule has 0 aromatic heterocycles. The van der Waals surface area contributed by atoms with Gasteiger partial charge in [0.05, 0.1) is 6.04 Å². The average Bonchev–Trinajstić information content (AvgIpc) is 3.26. The van der Waals surface area contributed by atoms with Gasteiger partial charge in [0.15, 0.2) is 0 Å². The largest absolute Gasteiger partial charge is 0.481 e. The molecule has 4 unspecified atom stereocenters. The van der Waals surface area contributed by atoms with Crippen molar-refractivity contribution in [3.63, 3.8) is 0 Å².